The maximum absolute atomic E-state index is 14.4. The number of hydrogen-bond acceptors (Lipinski definition) is 5. The van der Waals surface area contributed by atoms with Crippen LogP contribution in [-0.2, 0) is 6.54 Å². The zero-order chi connectivity index (χ0) is 22.8. The van der Waals surface area contributed by atoms with Crippen LogP contribution in [0.15, 0.2) is 79.1 Å². The quantitative estimate of drug-likeness (QED) is 0.366. The second-order valence-corrected chi connectivity index (χ2v) is 7.62. The molecule has 0 saturated carbocycles. The summed E-state index contributed by atoms with van der Waals surface area (Å²) in [6, 6.07) is 18.5. The fourth-order valence-electron chi connectivity index (χ4n) is 3.65. The van der Waals surface area contributed by atoms with E-state index in [9.17, 15) is 8.78 Å². The van der Waals surface area contributed by atoms with Gasteiger partial charge in [0.2, 0.25) is 0 Å². The molecule has 0 saturated heterocycles. The fraction of sp³-hybridized carbons (Fsp3) is 0.0769. The van der Waals surface area contributed by atoms with Gasteiger partial charge in [-0.2, -0.15) is 0 Å². The van der Waals surface area contributed by atoms with Crippen molar-refractivity contribution in [2.24, 2.45) is 0 Å². The van der Waals surface area contributed by atoms with Gasteiger partial charge in [0.15, 0.2) is 5.82 Å². The summed E-state index contributed by atoms with van der Waals surface area (Å²) in [4.78, 5) is 18.1. The number of aromatic nitrogens is 4. The lowest BCUT2D eigenvalue weighted by molar-refractivity contribution is 0.585. The largest absolute Gasteiger partial charge is 0.364 e. The summed E-state index contributed by atoms with van der Waals surface area (Å²) in [7, 11) is 0. The molecule has 5 rings (SSSR count). The summed E-state index contributed by atoms with van der Waals surface area (Å²) in [5.74, 6) is -0.127. The summed E-state index contributed by atoms with van der Waals surface area (Å²) >= 11 is 0. The van der Waals surface area contributed by atoms with Crippen molar-refractivity contribution in [3.05, 3.63) is 102 Å². The lowest BCUT2D eigenvalue weighted by Gasteiger charge is -2.13. The third-order valence-electron chi connectivity index (χ3n) is 5.24. The van der Waals surface area contributed by atoms with Crippen molar-refractivity contribution in [3.8, 4) is 22.5 Å². The Balaban J connectivity index is 1.62. The number of rotatable bonds is 5. The summed E-state index contributed by atoms with van der Waals surface area (Å²) in [6.45, 7) is 2.39. The first-order chi connectivity index (χ1) is 16.1. The average Bonchev–Trinajstić information content (AvgIpc) is 2.83. The van der Waals surface area contributed by atoms with E-state index in [1.807, 2.05) is 49.4 Å². The lowest BCUT2D eigenvalue weighted by Crippen LogP contribution is -2.06. The predicted molar refractivity (Wildman–Crippen MR) is 124 cm³/mol. The van der Waals surface area contributed by atoms with Crippen molar-refractivity contribution < 1.29 is 8.78 Å². The Labute approximate surface area is 189 Å². The normalized spacial score (nSPS) is 11.0. The van der Waals surface area contributed by atoms with Crippen LogP contribution in [0.1, 0.15) is 11.4 Å². The molecule has 0 radical (unpaired) electrons. The molecule has 0 amide bonds. The monoisotopic (exact) mass is 439 g/mol. The molecule has 1 N–H and O–H groups in total. The van der Waals surface area contributed by atoms with Crippen molar-refractivity contribution in [3.63, 3.8) is 0 Å². The van der Waals surface area contributed by atoms with Crippen LogP contribution in [0.3, 0.4) is 0 Å². The zero-order valence-electron chi connectivity index (χ0n) is 17.8. The molecule has 0 atom stereocenters. The summed E-state index contributed by atoms with van der Waals surface area (Å²) in [5, 5.41) is 4.07. The Hall–Kier alpha value is -4.26. The molecular formula is C26H19F2N5. The molecule has 3 heterocycles. The van der Waals surface area contributed by atoms with E-state index in [0.29, 0.717) is 34.8 Å². The third-order valence-corrected chi connectivity index (χ3v) is 5.24. The molecule has 0 bridgehead atoms. The molecule has 0 aliphatic heterocycles. The van der Waals surface area contributed by atoms with Gasteiger partial charge in [-0.1, -0.05) is 12.1 Å². The van der Waals surface area contributed by atoms with E-state index in [4.69, 9.17) is 4.98 Å². The van der Waals surface area contributed by atoms with E-state index in [0.717, 1.165) is 28.4 Å². The summed E-state index contributed by atoms with van der Waals surface area (Å²) in [6.07, 6.45) is 3.39. The van der Waals surface area contributed by atoms with Crippen molar-refractivity contribution in [2.45, 2.75) is 13.5 Å². The Morgan fingerprint density at radius 1 is 0.848 bits per heavy atom. The molecule has 7 heteroatoms. The smallest absolute Gasteiger partial charge is 0.163 e. The van der Waals surface area contributed by atoms with E-state index in [2.05, 4.69) is 20.3 Å². The van der Waals surface area contributed by atoms with Crippen LogP contribution in [0, 0.1) is 18.6 Å². The minimum atomic E-state index is -0.624. The molecule has 0 fully saturated rings. The number of halogens is 2. The standard InChI is InChI=1S/C26H19F2N5/c1-16-4-2-6-20(31-16)15-30-26-22-12-17(21-9-8-19(27)13-23(21)28)7-10-24(22)32-25(33-26)18-5-3-11-29-14-18/h2-14H,15H2,1H3,(H,30,32,33). The van der Waals surface area contributed by atoms with E-state index in [1.54, 1.807) is 18.5 Å². The van der Waals surface area contributed by atoms with E-state index in [-0.39, 0.29) is 0 Å². The Morgan fingerprint density at radius 3 is 2.55 bits per heavy atom. The van der Waals surface area contributed by atoms with Gasteiger partial charge in [0, 0.05) is 40.7 Å². The summed E-state index contributed by atoms with van der Waals surface area (Å²) < 4.78 is 27.8. The Bertz CT molecular complexity index is 1450. The van der Waals surface area contributed by atoms with Crippen LogP contribution in [0.5, 0.6) is 0 Å². The number of pyridine rings is 2. The van der Waals surface area contributed by atoms with Crippen LogP contribution in [0.2, 0.25) is 0 Å². The highest BCUT2D eigenvalue weighted by atomic mass is 19.1. The van der Waals surface area contributed by atoms with Crippen LogP contribution in [-0.4, -0.2) is 19.9 Å². The Kier molecular flexibility index (Phi) is 5.44. The topological polar surface area (TPSA) is 63.6 Å². The zero-order valence-corrected chi connectivity index (χ0v) is 17.8. The number of aryl methyl sites for hydroxylation is 1. The van der Waals surface area contributed by atoms with Gasteiger partial charge in [-0.3, -0.25) is 9.97 Å². The molecular weight excluding hydrogens is 420 g/mol. The molecule has 33 heavy (non-hydrogen) atoms. The van der Waals surface area contributed by atoms with E-state index < -0.39 is 11.6 Å². The van der Waals surface area contributed by atoms with Gasteiger partial charge in [0.05, 0.1) is 17.8 Å². The highest BCUT2D eigenvalue weighted by Crippen LogP contribution is 2.31. The first-order valence-corrected chi connectivity index (χ1v) is 10.4. The molecule has 0 spiro atoms. The highest BCUT2D eigenvalue weighted by molar-refractivity contribution is 5.94. The molecule has 0 aliphatic carbocycles. The van der Waals surface area contributed by atoms with Crippen molar-refractivity contribution in [1.82, 2.24) is 19.9 Å². The molecule has 2 aromatic carbocycles. The van der Waals surface area contributed by atoms with Crippen molar-refractivity contribution in [2.75, 3.05) is 5.32 Å². The van der Waals surface area contributed by atoms with Crippen LogP contribution in [0.25, 0.3) is 33.4 Å². The molecule has 5 nitrogen and oxygen atoms in total. The number of fused-ring (bicyclic) bond motifs is 1. The van der Waals surface area contributed by atoms with E-state index in [1.165, 1.54) is 12.1 Å². The van der Waals surface area contributed by atoms with Gasteiger partial charge in [-0.15, -0.1) is 0 Å². The number of hydrogen-bond donors (Lipinski definition) is 1. The van der Waals surface area contributed by atoms with Gasteiger partial charge in [0.25, 0.3) is 0 Å². The molecule has 0 aliphatic rings. The SMILES string of the molecule is Cc1cccc(CNc2nc(-c3cccnc3)nc3ccc(-c4ccc(F)cc4F)cc23)n1. The van der Waals surface area contributed by atoms with Gasteiger partial charge >= 0.3 is 0 Å². The van der Waals surface area contributed by atoms with Crippen molar-refractivity contribution >= 4 is 16.7 Å². The maximum Gasteiger partial charge on any atom is 0.163 e. The number of anilines is 1. The second-order valence-electron chi connectivity index (χ2n) is 7.62. The first-order valence-electron chi connectivity index (χ1n) is 10.4. The third kappa shape index (κ3) is 4.39. The molecule has 162 valence electrons. The number of nitrogens with one attached hydrogen (secondary N) is 1. The average molecular weight is 439 g/mol. The van der Waals surface area contributed by atoms with Gasteiger partial charge in [0.1, 0.15) is 17.5 Å². The maximum atomic E-state index is 14.4. The molecule has 0 unspecified atom stereocenters. The highest BCUT2D eigenvalue weighted by Gasteiger charge is 2.13. The minimum absolute atomic E-state index is 0.306. The van der Waals surface area contributed by atoms with E-state index >= 15 is 0 Å². The van der Waals surface area contributed by atoms with Crippen LogP contribution < -0.4 is 5.32 Å². The first kappa shape index (κ1) is 20.6. The van der Waals surface area contributed by atoms with Gasteiger partial charge in [-0.25, -0.2) is 18.7 Å². The van der Waals surface area contributed by atoms with Gasteiger partial charge in [-0.05, 0) is 61.0 Å². The molecule has 5 aromatic rings. The minimum Gasteiger partial charge on any atom is -0.364 e. The second kappa shape index (κ2) is 8.70. The summed E-state index contributed by atoms with van der Waals surface area (Å²) in [5.41, 5.74) is 4.17. The fourth-order valence-corrected chi connectivity index (χ4v) is 3.65. The van der Waals surface area contributed by atoms with Crippen LogP contribution in [0.4, 0.5) is 14.6 Å². The lowest BCUT2D eigenvalue weighted by atomic mass is 10.0. The van der Waals surface area contributed by atoms with Crippen molar-refractivity contribution in [1.29, 1.82) is 0 Å². The van der Waals surface area contributed by atoms with Gasteiger partial charge < -0.3 is 5.32 Å². The van der Waals surface area contributed by atoms with Crippen LogP contribution >= 0.6 is 0 Å². The predicted octanol–water partition coefficient (Wildman–Crippen LogP) is 5.95. The molecule has 3 aromatic heterocycles. The number of benzene rings is 2. The Morgan fingerprint density at radius 2 is 1.76 bits per heavy atom. The number of nitrogens with zero attached hydrogens (tertiary/aromatic N) is 4.